The van der Waals surface area contributed by atoms with Gasteiger partial charge in [0.2, 0.25) is 0 Å². The summed E-state index contributed by atoms with van der Waals surface area (Å²) in [4.78, 5) is 12.8. The van der Waals surface area contributed by atoms with Gasteiger partial charge in [-0.15, -0.1) is 0 Å². The summed E-state index contributed by atoms with van der Waals surface area (Å²) in [5.74, 6) is -0.871. The molecule has 0 aromatic carbocycles. The lowest BCUT2D eigenvalue weighted by atomic mass is 10.1. The summed E-state index contributed by atoms with van der Waals surface area (Å²) in [6.45, 7) is 1.25. The first kappa shape index (κ1) is 10.1. The van der Waals surface area contributed by atoms with Crippen LogP contribution in [0.1, 0.15) is 0 Å². The van der Waals surface area contributed by atoms with E-state index in [9.17, 15) is 4.79 Å². The number of carboxylic acids is 1. The molecule has 82 valence electrons. The number of amidine groups is 1. The number of nitrogens with two attached hydrogens (primary N) is 1. The highest BCUT2D eigenvalue weighted by molar-refractivity contribution is 5.85. The summed E-state index contributed by atoms with van der Waals surface area (Å²) < 4.78 is 0. The Bertz CT molecular complexity index is 328. The zero-order valence-corrected chi connectivity index (χ0v) is 8.18. The fourth-order valence-corrected chi connectivity index (χ4v) is 2.19. The van der Waals surface area contributed by atoms with E-state index in [1.54, 1.807) is 11.0 Å². The summed E-state index contributed by atoms with van der Waals surface area (Å²) in [7, 11) is 0. The third-order valence-electron chi connectivity index (χ3n) is 2.88. The van der Waals surface area contributed by atoms with Crippen molar-refractivity contribution in [3.05, 3.63) is 12.2 Å². The van der Waals surface area contributed by atoms with Crippen LogP contribution in [0, 0.1) is 5.41 Å². The molecular weight excluding hydrogens is 196 g/mol. The van der Waals surface area contributed by atoms with E-state index < -0.39 is 12.0 Å². The molecule has 0 spiro atoms. The SMILES string of the molecule is N=C(N)C1CNCC2C=CC(C(=O)O)N21. The Hall–Kier alpha value is -1.40. The van der Waals surface area contributed by atoms with Gasteiger partial charge in [-0.05, 0) is 0 Å². The van der Waals surface area contributed by atoms with Gasteiger partial charge in [0.05, 0.1) is 6.04 Å². The molecule has 2 rings (SSSR count). The van der Waals surface area contributed by atoms with Crippen molar-refractivity contribution in [3.63, 3.8) is 0 Å². The van der Waals surface area contributed by atoms with Crippen LogP contribution in [0.15, 0.2) is 12.2 Å². The first-order valence-electron chi connectivity index (χ1n) is 4.84. The van der Waals surface area contributed by atoms with E-state index >= 15 is 0 Å². The molecular formula is C9H14N4O2. The Labute approximate surface area is 87.2 Å². The van der Waals surface area contributed by atoms with Gasteiger partial charge in [0.1, 0.15) is 11.9 Å². The molecule has 1 saturated heterocycles. The maximum Gasteiger partial charge on any atom is 0.324 e. The van der Waals surface area contributed by atoms with Crippen molar-refractivity contribution in [2.45, 2.75) is 18.1 Å². The first-order chi connectivity index (χ1) is 7.11. The minimum Gasteiger partial charge on any atom is -0.480 e. The lowest BCUT2D eigenvalue weighted by Crippen LogP contribution is -2.62. The lowest BCUT2D eigenvalue weighted by Gasteiger charge is -2.39. The van der Waals surface area contributed by atoms with Crippen LogP contribution in [0.5, 0.6) is 0 Å². The van der Waals surface area contributed by atoms with Gasteiger partial charge < -0.3 is 16.2 Å². The van der Waals surface area contributed by atoms with Crippen LogP contribution in [0.2, 0.25) is 0 Å². The van der Waals surface area contributed by atoms with E-state index in [-0.39, 0.29) is 17.9 Å². The zero-order valence-electron chi connectivity index (χ0n) is 8.18. The number of nitrogens with one attached hydrogen (secondary N) is 2. The van der Waals surface area contributed by atoms with Crippen molar-refractivity contribution in [2.75, 3.05) is 13.1 Å². The highest BCUT2D eigenvalue weighted by atomic mass is 16.4. The largest absolute Gasteiger partial charge is 0.480 e. The standard InChI is InChI=1S/C9H14N4O2/c10-8(11)7-4-12-3-5-1-2-6(9(14)15)13(5)7/h1-2,5-7,12H,3-4H2,(H3,10,11)(H,14,15). The van der Waals surface area contributed by atoms with Gasteiger partial charge >= 0.3 is 5.97 Å². The van der Waals surface area contributed by atoms with Crippen LogP contribution in [0.25, 0.3) is 0 Å². The number of piperazine rings is 1. The van der Waals surface area contributed by atoms with Crippen molar-refractivity contribution >= 4 is 11.8 Å². The summed E-state index contributed by atoms with van der Waals surface area (Å²) in [6.07, 6.45) is 3.52. The van der Waals surface area contributed by atoms with Crippen LogP contribution in [-0.2, 0) is 4.79 Å². The fourth-order valence-electron chi connectivity index (χ4n) is 2.19. The maximum absolute atomic E-state index is 11.0. The number of rotatable bonds is 2. The molecule has 2 aliphatic rings. The Morgan fingerprint density at radius 1 is 1.53 bits per heavy atom. The average molecular weight is 210 g/mol. The molecule has 6 heteroatoms. The van der Waals surface area contributed by atoms with E-state index in [0.29, 0.717) is 13.1 Å². The molecule has 0 aromatic heterocycles. The summed E-state index contributed by atoms with van der Waals surface area (Å²) in [5, 5.41) is 19.6. The van der Waals surface area contributed by atoms with Crippen LogP contribution in [0.4, 0.5) is 0 Å². The highest BCUT2D eigenvalue weighted by Gasteiger charge is 2.41. The molecule has 0 amide bonds. The molecule has 0 saturated carbocycles. The van der Waals surface area contributed by atoms with E-state index in [4.69, 9.17) is 16.2 Å². The molecule has 3 unspecified atom stereocenters. The Kier molecular flexibility index (Phi) is 2.45. The smallest absolute Gasteiger partial charge is 0.324 e. The Morgan fingerprint density at radius 2 is 2.27 bits per heavy atom. The van der Waals surface area contributed by atoms with Crippen molar-refractivity contribution < 1.29 is 9.90 Å². The monoisotopic (exact) mass is 210 g/mol. The molecule has 0 radical (unpaired) electrons. The molecule has 0 aromatic rings. The Balaban J connectivity index is 2.23. The average Bonchev–Trinajstić information content (AvgIpc) is 2.60. The minimum absolute atomic E-state index is 0.0159. The second-order valence-electron chi connectivity index (χ2n) is 3.81. The molecule has 2 heterocycles. The predicted octanol–water partition coefficient (Wildman–Crippen LogP) is -1.41. The van der Waals surface area contributed by atoms with Crippen LogP contribution < -0.4 is 11.1 Å². The van der Waals surface area contributed by atoms with Crippen molar-refractivity contribution in [1.82, 2.24) is 10.2 Å². The van der Waals surface area contributed by atoms with Gasteiger partial charge in [-0.2, -0.15) is 0 Å². The summed E-state index contributed by atoms with van der Waals surface area (Å²) >= 11 is 0. The van der Waals surface area contributed by atoms with Gasteiger partial charge in [-0.1, -0.05) is 12.2 Å². The molecule has 6 nitrogen and oxygen atoms in total. The minimum atomic E-state index is -0.887. The summed E-state index contributed by atoms with van der Waals surface area (Å²) in [6, 6.07) is -0.931. The zero-order chi connectivity index (χ0) is 11.0. The van der Waals surface area contributed by atoms with Gasteiger partial charge in [-0.25, -0.2) is 0 Å². The van der Waals surface area contributed by atoms with E-state index in [1.807, 2.05) is 6.08 Å². The van der Waals surface area contributed by atoms with Crippen molar-refractivity contribution in [1.29, 1.82) is 5.41 Å². The maximum atomic E-state index is 11.0. The molecule has 5 N–H and O–H groups in total. The Morgan fingerprint density at radius 3 is 2.87 bits per heavy atom. The normalized spacial score (nSPS) is 35.1. The molecule has 15 heavy (non-hydrogen) atoms. The molecule has 0 bridgehead atoms. The number of fused-ring (bicyclic) bond motifs is 1. The molecule has 1 fully saturated rings. The molecule has 2 aliphatic heterocycles. The van der Waals surface area contributed by atoms with Crippen LogP contribution >= 0.6 is 0 Å². The van der Waals surface area contributed by atoms with Crippen LogP contribution in [0.3, 0.4) is 0 Å². The van der Waals surface area contributed by atoms with Crippen molar-refractivity contribution in [2.24, 2.45) is 5.73 Å². The van der Waals surface area contributed by atoms with E-state index in [0.717, 1.165) is 0 Å². The second-order valence-corrected chi connectivity index (χ2v) is 3.81. The third-order valence-corrected chi connectivity index (χ3v) is 2.88. The van der Waals surface area contributed by atoms with Crippen molar-refractivity contribution in [3.8, 4) is 0 Å². The molecule has 3 atom stereocenters. The lowest BCUT2D eigenvalue weighted by molar-refractivity contribution is -0.142. The quantitative estimate of drug-likeness (QED) is 0.255. The predicted molar refractivity (Wildman–Crippen MR) is 54.8 cm³/mol. The number of hydrogen-bond acceptors (Lipinski definition) is 4. The van der Waals surface area contributed by atoms with Crippen LogP contribution in [-0.4, -0.2) is 53.0 Å². The van der Waals surface area contributed by atoms with Gasteiger partial charge in [-0.3, -0.25) is 15.1 Å². The first-order valence-corrected chi connectivity index (χ1v) is 4.84. The van der Waals surface area contributed by atoms with Gasteiger partial charge in [0, 0.05) is 19.1 Å². The number of aliphatic carboxylic acids is 1. The fraction of sp³-hybridized carbons (Fsp3) is 0.556. The number of nitrogens with zero attached hydrogens (tertiary/aromatic N) is 1. The highest BCUT2D eigenvalue weighted by Crippen LogP contribution is 2.22. The van der Waals surface area contributed by atoms with E-state index in [2.05, 4.69) is 5.32 Å². The third kappa shape index (κ3) is 1.62. The topological polar surface area (TPSA) is 102 Å². The number of carboxylic acid groups (broad SMARTS) is 1. The van der Waals surface area contributed by atoms with Gasteiger partial charge in [0.25, 0.3) is 0 Å². The molecule has 0 aliphatic carbocycles. The number of carbonyl (C=O) groups is 1. The van der Waals surface area contributed by atoms with E-state index in [1.165, 1.54) is 0 Å². The number of hydrogen-bond donors (Lipinski definition) is 4. The second kappa shape index (κ2) is 3.63. The van der Waals surface area contributed by atoms with Gasteiger partial charge in [0.15, 0.2) is 0 Å². The summed E-state index contributed by atoms with van der Waals surface area (Å²) in [5.41, 5.74) is 5.47.